The lowest BCUT2D eigenvalue weighted by Gasteiger charge is -2.25. The second kappa shape index (κ2) is 10.1. The lowest BCUT2D eigenvalue weighted by Crippen LogP contribution is -2.41. The van der Waals surface area contributed by atoms with E-state index >= 15 is 0 Å². The molecule has 1 unspecified atom stereocenters. The van der Waals surface area contributed by atoms with Gasteiger partial charge in [0.2, 0.25) is 5.91 Å². The van der Waals surface area contributed by atoms with E-state index < -0.39 is 22.5 Å². The zero-order valence-electron chi connectivity index (χ0n) is 18.1. The number of rotatable bonds is 8. The van der Waals surface area contributed by atoms with Crippen LogP contribution in [0.15, 0.2) is 77.7 Å². The van der Waals surface area contributed by atoms with Crippen LogP contribution in [0.5, 0.6) is 5.75 Å². The van der Waals surface area contributed by atoms with Crippen LogP contribution in [0.4, 0.5) is 5.69 Å². The van der Waals surface area contributed by atoms with Gasteiger partial charge >= 0.3 is 0 Å². The van der Waals surface area contributed by atoms with Gasteiger partial charge in [-0.25, -0.2) is 8.42 Å². The van der Waals surface area contributed by atoms with Crippen molar-refractivity contribution in [3.05, 3.63) is 88.9 Å². The highest BCUT2D eigenvalue weighted by molar-refractivity contribution is 7.92. The minimum absolute atomic E-state index is 0.0913. The number of para-hydroxylation sites is 1. The molecule has 0 radical (unpaired) electrons. The van der Waals surface area contributed by atoms with Gasteiger partial charge in [-0.05, 0) is 50.2 Å². The Hall–Kier alpha value is -3.03. The van der Waals surface area contributed by atoms with Gasteiger partial charge in [-0.15, -0.1) is 0 Å². The average Bonchev–Trinajstić information content (AvgIpc) is 2.77. The second-order valence-electron chi connectivity index (χ2n) is 7.34. The molecule has 6 nitrogen and oxygen atoms in total. The van der Waals surface area contributed by atoms with Crippen LogP contribution in [0.3, 0.4) is 0 Å². The molecule has 168 valence electrons. The van der Waals surface area contributed by atoms with Crippen LogP contribution in [0, 0.1) is 6.92 Å². The Balaban J connectivity index is 1.90. The third kappa shape index (κ3) is 5.41. The summed E-state index contributed by atoms with van der Waals surface area (Å²) in [5.74, 6) is 0.179. The number of aryl methyl sites for hydroxylation is 1. The van der Waals surface area contributed by atoms with E-state index in [0.717, 1.165) is 15.4 Å². The van der Waals surface area contributed by atoms with Crippen LogP contribution in [-0.2, 0) is 14.8 Å². The van der Waals surface area contributed by atoms with Crippen molar-refractivity contribution in [2.24, 2.45) is 0 Å². The van der Waals surface area contributed by atoms with Crippen LogP contribution in [-0.4, -0.2) is 28.0 Å². The summed E-state index contributed by atoms with van der Waals surface area (Å²) in [5, 5.41) is 3.23. The highest BCUT2D eigenvalue weighted by Crippen LogP contribution is 2.27. The summed E-state index contributed by atoms with van der Waals surface area (Å²) in [7, 11) is -2.45. The van der Waals surface area contributed by atoms with Crippen molar-refractivity contribution in [2.75, 3.05) is 18.0 Å². The molecule has 1 N–H and O–H groups in total. The zero-order valence-corrected chi connectivity index (χ0v) is 19.7. The Morgan fingerprint density at radius 3 is 2.41 bits per heavy atom. The molecule has 0 aliphatic heterocycles. The number of hydrogen-bond donors (Lipinski definition) is 1. The van der Waals surface area contributed by atoms with Crippen molar-refractivity contribution < 1.29 is 17.9 Å². The molecule has 0 bridgehead atoms. The van der Waals surface area contributed by atoms with E-state index in [1.165, 1.54) is 18.2 Å². The number of carbonyl (C=O) groups excluding carboxylic acids is 1. The number of ether oxygens (including phenoxy) is 1. The summed E-state index contributed by atoms with van der Waals surface area (Å²) >= 11 is 6.10. The third-order valence-electron chi connectivity index (χ3n) is 4.98. The molecule has 0 spiro atoms. The van der Waals surface area contributed by atoms with Gasteiger partial charge in [-0.1, -0.05) is 53.6 Å². The summed E-state index contributed by atoms with van der Waals surface area (Å²) in [6, 6.07) is 19.8. The Morgan fingerprint density at radius 1 is 1.06 bits per heavy atom. The fourth-order valence-electron chi connectivity index (χ4n) is 3.30. The maximum atomic E-state index is 13.4. The van der Waals surface area contributed by atoms with Crippen molar-refractivity contribution in [1.29, 1.82) is 0 Å². The number of benzene rings is 3. The van der Waals surface area contributed by atoms with E-state index in [0.29, 0.717) is 16.5 Å². The fourth-order valence-corrected chi connectivity index (χ4v) is 4.90. The molecule has 0 heterocycles. The molecule has 0 saturated carbocycles. The molecule has 0 aliphatic rings. The molecule has 3 aromatic carbocycles. The fraction of sp³-hybridized carbons (Fsp3) is 0.208. The van der Waals surface area contributed by atoms with Crippen LogP contribution < -0.4 is 14.4 Å². The number of amides is 1. The van der Waals surface area contributed by atoms with Gasteiger partial charge in [-0.2, -0.15) is 0 Å². The molecule has 8 heteroatoms. The summed E-state index contributed by atoms with van der Waals surface area (Å²) in [5.41, 5.74) is 2.03. The summed E-state index contributed by atoms with van der Waals surface area (Å²) in [6.45, 7) is 3.28. The molecule has 1 atom stereocenters. The number of nitrogens with zero attached hydrogens (tertiary/aromatic N) is 1. The predicted octanol–water partition coefficient (Wildman–Crippen LogP) is 4.73. The second-order valence-corrected chi connectivity index (χ2v) is 9.63. The van der Waals surface area contributed by atoms with Crippen molar-refractivity contribution >= 4 is 33.2 Å². The normalized spacial score (nSPS) is 12.1. The van der Waals surface area contributed by atoms with Crippen LogP contribution >= 0.6 is 11.6 Å². The quantitative estimate of drug-likeness (QED) is 0.514. The summed E-state index contributed by atoms with van der Waals surface area (Å²) in [6.07, 6.45) is 0. The zero-order chi connectivity index (χ0) is 23.3. The Labute approximate surface area is 193 Å². The van der Waals surface area contributed by atoms with Gasteiger partial charge in [0.25, 0.3) is 10.0 Å². The highest BCUT2D eigenvalue weighted by atomic mass is 35.5. The molecule has 3 rings (SSSR count). The minimum Gasteiger partial charge on any atom is -0.496 e. The van der Waals surface area contributed by atoms with Gasteiger partial charge in [0, 0.05) is 10.6 Å². The maximum Gasteiger partial charge on any atom is 0.264 e. The molecule has 3 aromatic rings. The standard InChI is InChI=1S/C24H25ClN2O4S/c1-17-11-13-21(14-12-17)32(29,30)27(20-8-6-7-19(25)15-20)16-24(28)26-18(2)22-9-4-5-10-23(22)31-3/h4-15,18H,16H2,1-3H3,(H,26,28). The van der Waals surface area contributed by atoms with Crippen molar-refractivity contribution in [1.82, 2.24) is 5.32 Å². The van der Waals surface area contributed by atoms with E-state index in [4.69, 9.17) is 16.3 Å². The number of carbonyl (C=O) groups is 1. The lowest BCUT2D eigenvalue weighted by atomic mass is 10.1. The minimum atomic E-state index is -4.01. The van der Waals surface area contributed by atoms with E-state index in [-0.39, 0.29) is 10.9 Å². The number of sulfonamides is 1. The van der Waals surface area contributed by atoms with Gasteiger partial charge in [0.1, 0.15) is 12.3 Å². The first-order valence-electron chi connectivity index (χ1n) is 9.99. The molecule has 0 aromatic heterocycles. The first-order chi connectivity index (χ1) is 15.2. The Kier molecular flexibility index (Phi) is 7.43. The number of hydrogen-bond acceptors (Lipinski definition) is 4. The van der Waals surface area contributed by atoms with Crippen LogP contribution in [0.1, 0.15) is 24.1 Å². The summed E-state index contributed by atoms with van der Waals surface area (Å²) < 4.78 is 33.3. The lowest BCUT2D eigenvalue weighted by molar-refractivity contribution is -0.120. The molecule has 0 fully saturated rings. The first-order valence-corrected chi connectivity index (χ1v) is 11.8. The first kappa shape index (κ1) is 23.6. The van der Waals surface area contributed by atoms with Crippen LogP contribution in [0.25, 0.3) is 0 Å². The molecule has 1 amide bonds. The summed E-state index contributed by atoms with van der Waals surface area (Å²) in [4.78, 5) is 13.0. The average molecular weight is 473 g/mol. The van der Waals surface area contributed by atoms with Gasteiger partial charge in [-0.3, -0.25) is 9.10 Å². The van der Waals surface area contributed by atoms with E-state index in [1.807, 2.05) is 32.0 Å². The topological polar surface area (TPSA) is 75.7 Å². The molecular formula is C24H25ClN2O4S. The van der Waals surface area contributed by atoms with Crippen molar-refractivity contribution in [2.45, 2.75) is 24.8 Å². The van der Waals surface area contributed by atoms with Gasteiger partial charge < -0.3 is 10.1 Å². The number of nitrogens with one attached hydrogen (secondary N) is 1. The number of anilines is 1. The number of halogens is 1. The monoisotopic (exact) mass is 472 g/mol. The smallest absolute Gasteiger partial charge is 0.264 e. The van der Waals surface area contributed by atoms with E-state index in [1.54, 1.807) is 43.5 Å². The predicted molar refractivity (Wildman–Crippen MR) is 127 cm³/mol. The Morgan fingerprint density at radius 2 is 1.75 bits per heavy atom. The van der Waals surface area contributed by atoms with Gasteiger partial charge in [0.15, 0.2) is 0 Å². The van der Waals surface area contributed by atoms with E-state index in [9.17, 15) is 13.2 Å². The van der Waals surface area contributed by atoms with Crippen molar-refractivity contribution in [3.8, 4) is 5.75 Å². The molecule has 32 heavy (non-hydrogen) atoms. The van der Waals surface area contributed by atoms with E-state index in [2.05, 4.69) is 5.32 Å². The maximum absolute atomic E-state index is 13.4. The molecule has 0 aliphatic carbocycles. The third-order valence-corrected chi connectivity index (χ3v) is 7.00. The largest absolute Gasteiger partial charge is 0.496 e. The molecule has 0 saturated heterocycles. The van der Waals surface area contributed by atoms with Gasteiger partial charge in [0.05, 0.1) is 23.7 Å². The van der Waals surface area contributed by atoms with Crippen LogP contribution in [0.2, 0.25) is 5.02 Å². The van der Waals surface area contributed by atoms with Crippen molar-refractivity contribution in [3.63, 3.8) is 0 Å². The highest BCUT2D eigenvalue weighted by Gasteiger charge is 2.28. The Bertz CT molecular complexity index is 1200. The molecular weight excluding hydrogens is 448 g/mol. The number of methoxy groups -OCH3 is 1. The SMILES string of the molecule is COc1ccccc1C(C)NC(=O)CN(c1cccc(Cl)c1)S(=O)(=O)c1ccc(C)cc1.